The Morgan fingerprint density at radius 1 is 1.00 bits per heavy atom. The summed E-state index contributed by atoms with van der Waals surface area (Å²) in [5, 5.41) is 0. The van der Waals surface area contributed by atoms with Crippen molar-refractivity contribution in [1.82, 2.24) is 0 Å². The normalized spacial score (nSPS) is 14.1. The first-order valence-corrected chi connectivity index (χ1v) is 7.73. The minimum atomic E-state index is 0.365. The van der Waals surface area contributed by atoms with E-state index in [1.54, 1.807) is 0 Å². The molecule has 0 aliphatic carbocycles. The van der Waals surface area contributed by atoms with E-state index in [-0.39, 0.29) is 0 Å². The van der Waals surface area contributed by atoms with Crippen LogP contribution < -0.4 is 0 Å². The highest BCUT2D eigenvalue weighted by Crippen LogP contribution is 2.38. The van der Waals surface area contributed by atoms with Crippen LogP contribution in [0.2, 0.25) is 0 Å². The van der Waals surface area contributed by atoms with Crippen LogP contribution >= 0.6 is 31.9 Å². The van der Waals surface area contributed by atoms with Crippen molar-refractivity contribution in [3.63, 3.8) is 0 Å². The molecule has 0 spiro atoms. The average Bonchev–Trinajstić information content (AvgIpc) is 2.10. The van der Waals surface area contributed by atoms with Gasteiger partial charge in [-0.3, -0.25) is 0 Å². The summed E-state index contributed by atoms with van der Waals surface area (Å²) in [6.07, 6.45) is 1.22. The SMILES string of the molecule is CC(C)C(CC(C)(C)C)c1cc(Br)cc(Br)c1. The van der Waals surface area contributed by atoms with Crippen molar-refractivity contribution in [3.8, 4) is 0 Å². The van der Waals surface area contributed by atoms with Crippen LogP contribution in [0.4, 0.5) is 0 Å². The van der Waals surface area contributed by atoms with E-state index in [1.165, 1.54) is 12.0 Å². The number of halogens is 2. The molecule has 0 nitrogen and oxygen atoms in total. The van der Waals surface area contributed by atoms with Gasteiger partial charge in [0.15, 0.2) is 0 Å². The van der Waals surface area contributed by atoms with Gasteiger partial charge >= 0.3 is 0 Å². The topological polar surface area (TPSA) is 0 Å². The molecule has 2 heteroatoms. The average molecular weight is 362 g/mol. The third kappa shape index (κ3) is 5.13. The van der Waals surface area contributed by atoms with E-state index < -0.39 is 0 Å². The number of benzene rings is 1. The van der Waals surface area contributed by atoms with E-state index in [1.807, 2.05) is 0 Å². The highest BCUT2D eigenvalue weighted by molar-refractivity contribution is 9.11. The zero-order chi connectivity index (χ0) is 13.2. The van der Waals surface area contributed by atoms with Crippen molar-refractivity contribution in [2.75, 3.05) is 0 Å². The summed E-state index contributed by atoms with van der Waals surface area (Å²) in [5.41, 5.74) is 1.79. The number of hydrogen-bond donors (Lipinski definition) is 0. The van der Waals surface area contributed by atoms with Crippen LogP contribution in [0, 0.1) is 11.3 Å². The second-order valence-corrected chi connectivity index (χ2v) is 8.15. The van der Waals surface area contributed by atoms with Crippen LogP contribution in [-0.4, -0.2) is 0 Å². The summed E-state index contributed by atoms with van der Waals surface area (Å²) < 4.78 is 2.31. The smallest absolute Gasteiger partial charge is 0.0189 e. The van der Waals surface area contributed by atoms with Gasteiger partial charge in [-0.2, -0.15) is 0 Å². The molecule has 1 aromatic carbocycles. The molecule has 0 saturated heterocycles. The number of hydrogen-bond acceptors (Lipinski definition) is 0. The minimum absolute atomic E-state index is 0.365. The molecule has 0 heterocycles. The molecule has 0 aliphatic rings. The molecule has 1 rings (SSSR count). The van der Waals surface area contributed by atoms with E-state index in [9.17, 15) is 0 Å². The van der Waals surface area contributed by atoms with Crippen molar-refractivity contribution in [1.29, 1.82) is 0 Å². The summed E-state index contributed by atoms with van der Waals surface area (Å²) in [6, 6.07) is 6.60. The van der Waals surface area contributed by atoms with Gasteiger partial charge in [-0.25, -0.2) is 0 Å². The minimum Gasteiger partial charge on any atom is -0.0622 e. The van der Waals surface area contributed by atoms with E-state index >= 15 is 0 Å². The second-order valence-electron chi connectivity index (χ2n) is 6.32. The third-order valence-corrected chi connectivity index (χ3v) is 3.87. The molecular weight excluding hydrogens is 340 g/mol. The summed E-state index contributed by atoms with van der Waals surface area (Å²) in [4.78, 5) is 0. The molecule has 0 fully saturated rings. The maximum absolute atomic E-state index is 3.58. The van der Waals surface area contributed by atoms with Crippen LogP contribution in [0.5, 0.6) is 0 Å². The molecule has 1 unspecified atom stereocenters. The maximum Gasteiger partial charge on any atom is 0.0189 e. The van der Waals surface area contributed by atoms with E-state index in [2.05, 4.69) is 84.7 Å². The van der Waals surface area contributed by atoms with Gasteiger partial charge in [0.2, 0.25) is 0 Å². The fourth-order valence-electron chi connectivity index (χ4n) is 2.19. The highest BCUT2D eigenvalue weighted by Gasteiger charge is 2.23. The van der Waals surface area contributed by atoms with Crippen molar-refractivity contribution in [2.24, 2.45) is 11.3 Å². The lowest BCUT2D eigenvalue weighted by atomic mass is 9.76. The lowest BCUT2D eigenvalue weighted by Crippen LogP contribution is -2.16. The molecule has 0 aromatic heterocycles. The van der Waals surface area contributed by atoms with Gasteiger partial charge in [0.1, 0.15) is 0 Å². The van der Waals surface area contributed by atoms with Gasteiger partial charge in [-0.05, 0) is 47.4 Å². The quantitative estimate of drug-likeness (QED) is 0.585. The molecular formula is C15H22Br2. The fourth-order valence-corrected chi connectivity index (χ4v) is 3.52. The monoisotopic (exact) mass is 360 g/mol. The standard InChI is InChI=1S/C15H22Br2/c1-10(2)14(9-15(3,4)5)11-6-12(16)8-13(17)7-11/h6-8,10,14H,9H2,1-5H3. The zero-order valence-electron chi connectivity index (χ0n) is 11.3. The first-order valence-electron chi connectivity index (χ1n) is 6.15. The lowest BCUT2D eigenvalue weighted by molar-refractivity contribution is 0.301. The van der Waals surface area contributed by atoms with Crippen molar-refractivity contribution in [2.45, 2.75) is 47.0 Å². The van der Waals surface area contributed by atoms with E-state index in [4.69, 9.17) is 0 Å². The molecule has 0 saturated carbocycles. The Hall–Kier alpha value is 0.180. The Labute approximate surface area is 122 Å². The number of rotatable bonds is 3. The second kappa shape index (κ2) is 5.88. The largest absolute Gasteiger partial charge is 0.0622 e. The van der Waals surface area contributed by atoms with Gasteiger partial charge in [0, 0.05) is 8.95 Å². The van der Waals surface area contributed by atoms with E-state index in [0.29, 0.717) is 17.3 Å². The molecule has 0 amide bonds. The van der Waals surface area contributed by atoms with Crippen LogP contribution in [-0.2, 0) is 0 Å². The Kier molecular flexibility index (Phi) is 5.27. The fraction of sp³-hybridized carbons (Fsp3) is 0.600. The summed E-state index contributed by atoms with van der Waals surface area (Å²) >= 11 is 7.16. The molecule has 0 aliphatic heterocycles. The molecule has 0 bridgehead atoms. The highest BCUT2D eigenvalue weighted by atomic mass is 79.9. The van der Waals surface area contributed by atoms with Gasteiger partial charge in [0.05, 0.1) is 0 Å². The predicted molar refractivity (Wildman–Crippen MR) is 83.5 cm³/mol. The summed E-state index contributed by atoms with van der Waals surface area (Å²) in [7, 11) is 0. The van der Waals surface area contributed by atoms with Gasteiger partial charge < -0.3 is 0 Å². The Balaban J connectivity index is 3.05. The summed E-state index contributed by atoms with van der Waals surface area (Å²) in [6.45, 7) is 11.6. The van der Waals surface area contributed by atoms with Crippen molar-refractivity contribution < 1.29 is 0 Å². The van der Waals surface area contributed by atoms with Gasteiger partial charge in [0.25, 0.3) is 0 Å². The Bertz CT molecular complexity index is 355. The maximum atomic E-state index is 3.58. The summed E-state index contributed by atoms with van der Waals surface area (Å²) in [5.74, 6) is 1.28. The molecule has 0 N–H and O–H groups in total. The Morgan fingerprint density at radius 2 is 1.47 bits per heavy atom. The first-order chi connectivity index (χ1) is 7.69. The lowest BCUT2D eigenvalue weighted by Gasteiger charge is -2.29. The first kappa shape index (κ1) is 15.2. The molecule has 1 aromatic rings. The zero-order valence-corrected chi connectivity index (χ0v) is 14.5. The molecule has 17 heavy (non-hydrogen) atoms. The van der Waals surface area contributed by atoms with Crippen LogP contribution in [0.3, 0.4) is 0 Å². The van der Waals surface area contributed by atoms with Crippen LogP contribution in [0.1, 0.15) is 52.5 Å². The Morgan fingerprint density at radius 3 is 1.82 bits per heavy atom. The van der Waals surface area contributed by atoms with Crippen molar-refractivity contribution in [3.05, 3.63) is 32.7 Å². The third-order valence-electron chi connectivity index (χ3n) is 2.95. The van der Waals surface area contributed by atoms with E-state index in [0.717, 1.165) is 8.95 Å². The van der Waals surface area contributed by atoms with Crippen molar-refractivity contribution >= 4 is 31.9 Å². The molecule has 96 valence electrons. The van der Waals surface area contributed by atoms with Gasteiger partial charge in [-0.1, -0.05) is 66.5 Å². The predicted octanol–water partition coefficient (Wildman–Crippen LogP) is 6.39. The molecule has 0 radical (unpaired) electrons. The molecule has 1 atom stereocenters. The van der Waals surface area contributed by atoms with Crippen LogP contribution in [0.25, 0.3) is 0 Å². The van der Waals surface area contributed by atoms with Gasteiger partial charge in [-0.15, -0.1) is 0 Å². The van der Waals surface area contributed by atoms with Crippen LogP contribution in [0.15, 0.2) is 27.1 Å².